The van der Waals surface area contributed by atoms with Gasteiger partial charge in [0.25, 0.3) is 0 Å². The van der Waals surface area contributed by atoms with Crippen molar-refractivity contribution in [1.82, 2.24) is 0 Å². The van der Waals surface area contributed by atoms with Crippen molar-refractivity contribution in [3.63, 3.8) is 0 Å². The Labute approximate surface area is 120 Å². The third-order valence-electron chi connectivity index (χ3n) is 3.29. The fourth-order valence-corrected chi connectivity index (χ4v) is 2.01. The van der Waals surface area contributed by atoms with Crippen LogP contribution in [0.25, 0.3) is 6.08 Å². The molecule has 0 spiro atoms. The van der Waals surface area contributed by atoms with Crippen molar-refractivity contribution in [3.05, 3.63) is 60.2 Å². The molecule has 1 aromatic rings. The second-order valence-electron chi connectivity index (χ2n) is 5.53. The molecule has 19 heavy (non-hydrogen) atoms. The summed E-state index contributed by atoms with van der Waals surface area (Å²) >= 11 is 0. The van der Waals surface area contributed by atoms with Gasteiger partial charge in [-0.05, 0) is 37.6 Å². The van der Waals surface area contributed by atoms with Gasteiger partial charge in [-0.1, -0.05) is 61.1 Å². The zero-order valence-corrected chi connectivity index (χ0v) is 13.5. The summed E-state index contributed by atoms with van der Waals surface area (Å²) in [6, 6.07) is 8.49. The number of rotatable bonds is 6. The quantitative estimate of drug-likeness (QED) is 0.497. The van der Waals surface area contributed by atoms with Crippen molar-refractivity contribution < 1.29 is 0 Å². The fourth-order valence-electron chi connectivity index (χ4n) is 1.82. The Kier molecular flexibility index (Phi) is 6.25. The van der Waals surface area contributed by atoms with Gasteiger partial charge in [0, 0.05) is 5.41 Å². The molecule has 0 bridgehead atoms. The summed E-state index contributed by atoms with van der Waals surface area (Å²) in [5.41, 5.74) is 2.68. The highest BCUT2D eigenvalue weighted by atomic mass is 31.0. The van der Waals surface area contributed by atoms with Gasteiger partial charge in [-0.2, -0.15) is 0 Å². The molecule has 2 unspecified atom stereocenters. The first kappa shape index (κ1) is 15.9. The molecule has 0 aromatic heterocycles. The van der Waals surface area contributed by atoms with Gasteiger partial charge >= 0.3 is 0 Å². The van der Waals surface area contributed by atoms with Gasteiger partial charge in [0.05, 0.1) is 0 Å². The minimum atomic E-state index is 0.0611. The lowest BCUT2D eigenvalue weighted by molar-refractivity contribution is 0.508. The van der Waals surface area contributed by atoms with Crippen LogP contribution in [0.15, 0.2) is 54.6 Å². The maximum Gasteiger partial charge on any atom is 0.00363 e. The Morgan fingerprint density at radius 2 is 1.89 bits per heavy atom. The summed E-state index contributed by atoms with van der Waals surface area (Å²) in [7, 11) is 2.71. The maximum absolute atomic E-state index is 3.98. The summed E-state index contributed by atoms with van der Waals surface area (Å²) in [6.45, 7) is 10.5. The molecule has 0 fully saturated rings. The zero-order chi connectivity index (χ0) is 14.3. The minimum Gasteiger partial charge on any atom is -0.106 e. The standard InChI is InChI=1S/C18H25P/c1-5-18(4,13-6-7-15(2)3)14-12-16-8-10-17(19)11-9-16/h5,7-12,14H,1,6,13,19H2,2-4H3/b14-12+. The Bertz CT molecular complexity index is 461. The molecular formula is C18H25P. The Hall–Kier alpha value is -1.13. The molecule has 1 heteroatoms. The molecule has 1 rings (SSSR count). The molecule has 2 atom stereocenters. The summed E-state index contributed by atoms with van der Waals surface area (Å²) in [5.74, 6) is 0. The van der Waals surface area contributed by atoms with Crippen molar-refractivity contribution in [1.29, 1.82) is 0 Å². The molecule has 0 aliphatic heterocycles. The van der Waals surface area contributed by atoms with E-state index in [-0.39, 0.29) is 5.41 Å². The predicted molar refractivity (Wildman–Crippen MR) is 91.8 cm³/mol. The van der Waals surface area contributed by atoms with Crippen molar-refractivity contribution in [2.45, 2.75) is 33.6 Å². The van der Waals surface area contributed by atoms with Crippen molar-refractivity contribution >= 4 is 20.6 Å². The van der Waals surface area contributed by atoms with Crippen LogP contribution in [0.3, 0.4) is 0 Å². The lowest BCUT2D eigenvalue weighted by Gasteiger charge is -2.20. The van der Waals surface area contributed by atoms with Crippen LogP contribution in [0.5, 0.6) is 0 Å². The van der Waals surface area contributed by atoms with Crippen molar-refractivity contribution in [2.75, 3.05) is 0 Å². The first-order valence-electron chi connectivity index (χ1n) is 6.77. The lowest BCUT2D eigenvalue weighted by Crippen LogP contribution is -2.08. The van der Waals surface area contributed by atoms with E-state index < -0.39 is 0 Å². The molecule has 0 aliphatic rings. The van der Waals surface area contributed by atoms with Gasteiger partial charge < -0.3 is 0 Å². The summed E-state index contributed by atoms with van der Waals surface area (Å²) in [6.07, 6.45) is 11.0. The van der Waals surface area contributed by atoms with Gasteiger partial charge in [0.1, 0.15) is 0 Å². The third-order valence-corrected chi connectivity index (χ3v) is 3.68. The largest absolute Gasteiger partial charge is 0.106 e. The van der Waals surface area contributed by atoms with E-state index in [2.05, 4.69) is 79.1 Å². The normalized spacial score (nSPS) is 14.1. The van der Waals surface area contributed by atoms with E-state index in [1.165, 1.54) is 16.4 Å². The Morgan fingerprint density at radius 3 is 2.42 bits per heavy atom. The van der Waals surface area contributed by atoms with Gasteiger partial charge in [-0.15, -0.1) is 15.8 Å². The topological polar surface area (TPSA) is 0 Å². The highest BCUT2D eigenvalue weighted by Crippen LogP contribution is 2.28. The van der Waals surface area contributed by atoms with E-state index in [4.69, 9.17) is 0 Å². The van der Waals surface area contributed by atoms with Crippen LogP contribution < -0.4 is 5.30 Å². The van der Waals surface area contributed by atoms with Crippen molar-refractivity contribution in [2.24, 2.45) is 5.41 Å². The van der Waals surface area contributed by atoms with Gasteiger partial charge in [-0.3, -0.25) is 0 Å². The van der Waals surface area contributed by atoms with Gasteiger partial charge in [0.15, 0.2) is 0 Å². The average Bonchev–Trinajstić information content (AvgIpc) is 2.38. The molecule has 0 aliphatic carbocycles. The second-order valence-corrected chi connectivity index (χ2v) is 6.20. The predicted octanol–water partition coefficient (Wildman–Crippen LogP) is 5.14. The number of hydrogen-bond donors (Lipinski definition) is 0. The zero-order valence-electron chi connectivity index (χ0n) is 12.3. The molecule has 0 saturated heterocycles. The van der Waals surface area contributed by atoms with E-state index in [0.717, 1.165) is 12.8 Å². The lowest BCUT2D eigenvalue weighted by atomic mass is 9.84. The summed E-state index contributed by atoms with van der Waals surface area (Å²) < 4.78 is 0. The maximum atomic E-state index is 3.98. The third kappa shape index (κ3) is 6.03. The molecule has 0 saturated carbocycles. The molecule has 0 amide bonds. The number of benzene rings is 1. The first-order chi connectivity index (χ1) is 8.95. The van der Waals surface area contributed by atoms with E-state index in [1.54, 1.807) is 0 Å². The van der Waals surface area contributed by atoms with Crippen LogP contribution in [0.1, 0.15) is 39.2 Å². The first-order valence-corrected chi connectivity index (χ1v) is 7.35. The van der Waals surface area contributed by atoms with Gasteiger partial charge in [-0.25, -0.2) is 0 Å². The van der Waals surface area contributed by atoms with Crippen molar-refractivity contribution in [3.8, 4) is 0 Å². The fraction of sp³-hybridized carbons (Fsp3) is 0.333. The monoisotopic (exact) mass is 272 g/mol. The van der Waals surface area contributed by atoms with Crippen LogP contribution in [0.2, 0.25) is 0 Å². The van der Waals surface area contributed by atoms with E-state index in [1.807, 2.05) is 6.08 Å². The highest BCUT2D eigenvalue weighted by molar-refractivity contribution is 7.27. The Morgan fingerprint density at radius 1 is 1.26 bits per heavy atom. The number of allylic oxidation sites excluding steroid dienone is 4. The van der Waals surface area contributed by atoms with E-state index in [0.29, 0.717) is 0 Å². The van der Waals surface area contributed by atoms with Crippen LogP contribution in [0.4, 0.5) is 0 Å². The van der Waals surface area contributed by atoms with Crippen LogP contribution in [-0.4, -0.2) is 0 Å². The van der Waals surface area contributed by atoms with E-state index in [9.17, 15) is 0 Å². The second kappa shape index (κ2) is 7.46. The smallest absolute Gasteiger partial charge is 0.00363 e. The molecule has 0 N–H and O–H groups in total. The molecule has 1 aromatic carbocycles. The molecule has 0 heterocycles. The van der Waals surface area contributed by atoms with Gasteiger partial charge in [0.2, 0.25) is 0 Å². The minimum absolute atomic E-state index is 0.0611. The van der Waals surface area contributed by atoms with E-state index >= 15 is 0 Å². The molecule has 0 radical (unpaired) electrons. The molecular weight excluding hydrogens is 247 g/mol. The van der Waals surface area contributed by atoms with Crippen LogP contribution in [0, 0.1) is 5.41 Å². The van der Waals surface area contributed by atoms with Crippen LogP contribution in [-0.2, 0) is 0 Å². The van der Waals surface area contributed by atoms with Crippen LogP contribution >= 0.6 is 9.24 Å². The summed E-state index contributed by atoms with van der Waals surface area (Å²) in [4.78, 5) is 0. The average molecular weight is 272 g/mol. The SMILES string of the molecule is C=CC(C)(/C=C/c1ccc(P)cc1)CCC=C(C)C. The summed E-state index contributed by atoms with van der Waals surface area (Å²) in [5, 5.41) is 1.21. The molecule has 0 nitrogen and oxygen atoms in total. The molecule has 102 valence electrons. The Balaban J connectivity index is 2.71. The number of hydrogen-bond acceptors (Lipinski definition) is 0. The highest BCUT2D eigenvalue weighted by Gasteiger charge is 2.14.